The molecule has 0 N–H and O–H groups in total. The average Bonchev–Trinajstić information content (AvgIpc) is 2.34. The van der Waals surface area contributed by atoms with Gasteiger partial charge in [-0.25, -0.2) is 0 Å². The molecule has 1 rings (SSSR count). The first-order valence-electron chi connectivity index (χ1n) is 5.62. The number of thiol groups is 1. The monoisotopic (exact) mass is 443 g/mol. The van der Waals surface area contributed by atoms with E-state index in [1.54, 1.807) is 0 Å². The Morgan fingerprint density at radius 2 is 0.696 bits per heavy atom. The second kappa shape index (κ2) is 9.86. The molecule has 0 aliphatic rings. The summed E-state index contributed by atoms with van der Waals surface area (Å²) in [5, 5.41) is 0. The van der Waals surface area contributed by atoms with Gasteiger partial charge >= 0.3 is 0 Å². The van der Waals surface area contributed by atoms with Crippen molar-refractivity contribution in [2.75, 3.05) is 31.3 Å². The fraction of sp³-hybridized carbons (Fsp3) is 0.455. The topological polar surface area (TPSA) is 85.3 Å². The van der Waals surface area contributed by atoms with Crippen molar-refractivity contribution in [3.8, 4) is 0 Å². The van der Waals surface area contributed by atoms with Crippen LogP contribution in [0.5, 0.6) is 0 Å². The van der Waals surface area contributed by atoms with Crippen LogP contribution in [0, 0.1) is 0 Å². The molecule has 1 radical (unpaired) electrons. The minimum atomic E-state index is -1.64. The van der Waals surface area contributed by atoms with Gasteiger partial charge in [-0.15, -0.1) is 12.6 Å². The van der Waals surface area contributed by atoms with Crippen molar-refractivity contribution in [2.24, 2.45) is 0 Å². The normalized spacial score (nSPS) is 17.7. The Hall–Kier alpha value is 1.32. The molecular weight excluding hydrogens is 428 g/mol. The van der Waals surface area contributed by atoms with Crippen molar-refractivity contribution in [3.05, 3.63) is 0 Å². The Kier molecular flexibility index (Phi) is 10.4. The van der Waals surface area contributed by atoms with Gasteiger partial charge in [0.25, 0.3) is 0 Å². The van der Waals surface area contributed by atoms with Crippen molar-refractivity contribution in [1.29, 1.82) is 0 Å². The summed E-state index contributed by atoms with van der Waals surface area (Å²) in [4.78, 5) is 0.681. The maximum Gasteiger partial charge on any atom is 0.0733 e. The fourth-order valence-corrected chi connectivity index (χ4v) is 9.82. The molecule has 23 heavy (non-hydrogen) atoms. The van der Waals surface area contributed by atoms with Gasteiger partial charge in [-0.1, -0.05) is 0 Å². The van der Waals surface area contributed by atoms with Gasteiger partial charge in [0.15, 0.2) is 0 Å². The summed E-state index contributed by atoms with van der Waals surface area (Å²) in [5.41, 5.74) is 0. The minimum Gasteiger partial charge on any atom is -0.255 e. The van der Waals surface area contributed by atoms with E-state index >= 15 is 0 Å². The Labute approximate surface area is 176 Å². The Bertz CT molecular complexity index is 707. The first-order chi connectivity index (χ1) is 10.0. The van der Waals surface area contributed by atoms with Crippen LogP contribution < -0.4 is 0 Å². The van der Waals surface area contributed by atoms with E-state index in [1.165, 1.54) is 31.3 Å². The van der Waals surface area contributed by atoms with Gasteiger partial charge in [-0.05, 0) is 0 Å². The van der Waals surface area contributed by atoms with Crippen molar-refractivity contribution < 1.29 is 21.0 Å². The Morgan fingerprint density at radius 3 is 0.870 bits per heavy atom. The van der Waals surface area contributed by atoms with Gasteiger partial charge in [0.05, 0.1) is 78.5 Å². The summed E-state index contributed by atoms with van der Waals surface area (Å²) in [7, 11) is -8.05. The Balaban J connectivity index is 0.00000484. The van der Waals surface area contributed by atoms with E-state index in [4.69, 9.17) is 0 Å². The smallest absolute Gasteiger partial charge is 0.0733 e. The van der Waals surface area contributed by atoms with Crippen LogP contribution in [0.1, 0.15) is 0 Å². The van der Waals surface area contributed by atoms with Crippen molar-refractivity contribution >= 4 is 96.2 Å². The number of hydrogen-bond donors (Lipinski definition) is 1. The molecule has 1 aromatic rings. The second-order valence-corrected chi connectivity index (χ2v) is 11.3. The number of hydrogen-bond acceptors (Lipinski definition) is 6. The molecule has 0 aliphatic carbocycles. The van der Waals surface area contributed by atoms with Crippen LogP contribution in [0.4, 0.5) is 0 Å². The van der Waals surface area contributed by atoms with Crippen LogP contribution in [-0.2, 0) is 54.0 Å². The number of rotatable bonds is 5. The van der Waals surface area contributed by atoms with Crippen LogP contribution >= 0.6 is 12.6 Å². The van der Waals surface area contributed by atoms with Gasteiger partial charge in [0.1, 0.15) is 0 Å². The fourth-order valence-electron chi connectivity index (χ4n) is 1.94. The van der Waals surface area contributed by atoms with Crippen molar-refractivity contribution in [3.63, 3.8) is 0 Å². The molecule has 0 fully saturated rings. The minimum absolute atomic E-state index is 0. The molecule has 0 saturated carbocycles. The van der Waals surface area contributed by atoms with Gasteiger partial charge in [0.2, 0.25) is 0 Å². The first-order valence-corrected chi connectivity index (χ1v) is 13.9. The summed E-state index contributed by atoms with van der Waals surface area (Å²) in [6, 6.07) is 0. The second-order valence-electron chi connectivity index (χ2n) is 4.26. The van der Waals surface area contributed by atoms with E-state index in [1.807, 2.05) is 0 Å². The molecule has 0 heterocycles. The summed E-state index contributed by atoms with van der Waals surface area (Å²) in [6.45, 7) is 0. The SMILES string of the molecule is CS(=O)c1c(S)c(S(C)=O)c(S(C)=O)c(S(C)=O)c1S(C)=O.[Na]. The molecule has 0 aromatic heterocycles. The van der Waals surface area contributed by atoms with Gasteiger partial charge < -0.3 is 0 Å². The molecule has 0 saturated heterocycles. The maximum absolute atomic E-state index is 12.2. The van der Waals surface area contributed by atoms with Crippen LogP contribution in [0.3, 0.4) is 0 Å². The van der Waals surface area contributed by atoms with Gasteiger partial charge in [-0.2, -0.15) is 0 Å². The van der Waals surface area contributed by atoms with Crippen LogP contribution in [0.15, 0.2) is 29.4 Å². The van der Waals surface area contributed by atoms with E-state index in [0.29, 0.717) is 0 Å². The zero-order chi connectivity index (χ0) is 17.4. The molecular formula is C11H16NaO5S6. The van der Waals surface area contributed by atoms with E-state index < -0.39 is 54.0 Å². The third kappa shape index (κ3) is 5.16. The van der Waals surface area contributed by atoms with Gasteiger partial charge in [0, 0.05) is 65.7 Å². The van der Waals surface area contributed by atoms with E-state index in [0.717, 1.165) is 0 Å². The van der Waals surface area contributed by atoms with Crippen LogP contribution in [-0.4, -0.2) is 81.9 Å². The van der Waals surface area contributed by atoms with Crippen LogP contribution in [0.2, 0.25) is 0 Å². The molecule has 1 aromatic carbocycles. The third-order valence-electron chi connectivity index (χ3n) is 2.69. The standard InChI is InChI=1S/C11H16O5S6.Na/c1-18(12)7-6(17)8(19(2)13)10(21(4)15)11(22(5)16)9(7)20(3)14;/h17H,1-5H3;. The summed E-state index contributed by atoms with van der Waals surface area (Å²) >= 11 is 4.28. The largest absolute Gasteiger partial charge is 0.255 e. The van der Waals surface area contributed by atoms with E-state index in [9.17, 15) is 21.0 Å². The molecule has 12 heteroatoms. The molecule has 5 atom stereocenters. The maximum atomic E-state index is 12.2. The first kappa shape index (κ1) is 24.3. The average molecular weight is 444 g/mol. The van der Waals surface area contributed by atoms with Crippen molar-refractivity contribution in [2.45, 2.75) is 29.4 Å². The summed E-state index contributed by atoms with van der Waals surface area (Å²) in [5.74, 6) is 0. The van der Waals surface area contributed by atoms with Gasteiger partial charge in [-0.3, -0.25) is 21.0 Å². The molecule has 0 bridgehead atoms. The molecule has 127 valence electrons. The Morgan fingerprint density at radius 1 is 0.522 bits per heavy atom. The predicted molar refractivity (Wildman–Crippen MR) is 101 cm³/mol. The van der Waals surface area contributed by atoms with E-state index in [-0.39, 0.29) is 58.9 Å². The zero-order valence-electron chi connectivity index (χ0n) is 13.5. The molecule has 5 nitrogen and oxygen atoms in total. The molecule has 0 aliphatic heterocycles. The third-order valence-corrected chi connectivity index (χ3v) is 8.87. The van der Waals surface area contributed by atoms with E-state index in [2.05, 4.69) is 12.6 Å². The molecule has 5 unspecified atom stereocenters. The molecule has 0 spiro atoms. The molecule has 0 amide bonds. The number of benzene rings is 1. The van der Waals surface area contributed by atoms with Crippen molar-refractivity contribution in [1.82, 2.24) is 0 Å². The predicted octanol–water partition coefficient (Wildman–Crippen LogP) is 0.282. The zero-order valence-corrected chi connectivity index (χ0v) is 20.5. The summed E-state index contributed by atoms with van der Waals surface area (Å²) in [6.07, 6.45) is 6.82. The quantitative estimate of drug-likeness (QED) is 0.522. The van der Waals surface area contributed by atoms with Crippen LogP contribution in [0.25, 0.3) is 0 Å². The summed E-state index contributed by atoms with van der Waals surface area (Å²) < 4.78 is 60.6.